The number of amides is 1. The van der Waals surface area contributed by atoms with Crippen LogP contribution >= 0.6 is 11.3 Å². The lowest BCUT2D eigenvalue weighted by Crippen LogP contribution is -2.14. The Morgan fingerprint density at radius 1 is 1.38 bits per heavy atom. The molecule has 16 heavy (non-hydrogen) atoms. The van der Waals surface area contributed by atoms with Gasteiger partial charge in [0.15, 0.2) is 0 Å². The highest BCUT2D eigenvalue weighted by atomic mass is 32.1. The molecule has 5 N–H and O–H groups in total. The molecule has 7 heteroatoms. The summed E-state index contributed by atoms with van der Waals surface area (Å²) < 4.78 is 0. The van der Waals surface area contributed by atoms with E-state index >= 15 is 0 Å². The first-order valence-electron chi connectivity index (χ1n) is 4.39. The van der Waals surface area contributed by atoms with Crippen molar-refractivity contribution in [2.75, 3.05) is 16.8 Å². The third-order valence-corrected chi connectivity index (χ3v) is 2.51. The molecule has 0 saturated carbocycles. The molecule has 0 aliphatic heterocycles. The molecule has 1 aromatic heterocycles. The van der Waals surface area contributed by atoms with Crippen LogP contribution in [0.2, 0.25) is 0 Å². The summed E-state index contributed by atoms with van der Waals surface area (Å²) >= 11 is 1.24. The van der Waals surface area contributed by atoms with Gasteiger partial charge in [-0.05, 0) is 18.2 Å². The quantitative estimate of drug-likeness (QED) is 0.672. The van der Waals surface area contributed by atoms with Gasteiger partial charge in [-0.2, -0.15) is 0 Å². The Balaban J connectivity index is 2.21. The lowest BCUT2D eigenvalue weighted by molar-refractivity contribution is 0.102. The second-order valence-corrected chi connectivity index (χ2v) is 3.88. The molecule has 0 aliphatic carbocycles. The van der Waals surface area contributed by atoms with Gasteiger partial charge in [0.25, 0.3) is 5.91 Å². The molecule has 6 nitrogen and oxygen atoms in total. The summed E-state index contributed by atoms with van der Waals surface area (Å²) in [6, 6.07) is 4.72. The first kappa shape index (κ1) is 10.4. The molecule has 0 fully saturated rings. The van der Waals surface area contributed by atoms with E-state index in [4.69, 9.17) is 11.5 Å². The third kappa shape index (κ3) is 2.09. The number of hydrogen-bond donors (Lipinski definition) is 3. The van der Waals surface area contributed by atoms with E-state index < -0.39 is 0 Å². The van der Waals surface area contributed by atoms with Crippen LogP contribution in [0.3, 0.4) is 0 Å². The summed E-state index contributed by atoms with van der Waals surface area (Å²) in [4.78, 5) is 11.8. The van der Waals surface area contributed by atoms with E-state index in [1.54, 1.807) is 12.1 Å². The second-order valence-electron chi connectivity index (χ2n) is 3.04. The summed E-state index contributed by atoms with van der Waals surface area (Å²) in [5, 5.41) is 10.3. The van der Waals surface area contributed by atoms with Gasteiger partial charge in [0.05, 0.1) is 5.56 Å². The molecular weight excluding hydrogens is 226 g/mol. The number of carbonyl (C=O) groups is 1. The Hall–Kier alpha value is -2.15. The van der Waals surface area contributed by atoms with Crippen molar-refractivity contribution in [3.8, 4) is 0 Å². The topological polar surface area (TPSA) is 107 Å². The first-order chi connectivity index (χ1) is 7.66. The van der Waals surface area contributed by atoms with Gasteiger partial charge in [-0.15, -0.1) is 10.2 Å². The van der Waals surface area contributed by atoms with Crippen molar-refractivity contribution < 1.29 is 4.79 Å². The molecule has 0 saturated heterocycles. The van der Waals surface area contributed by atoms with Crippen molar-refractivity contribution in [2.45, 2.75) is 0 Å². The average molecular weight is 235 g/mol. The van der Waals surface area contributed by atoms with Gasteiger partial charge < -0.3 is 11.5 Å². The minimum absolute atomic E-state index is 0.325. The lowest BCUT2D eigenvalue weighted by Gasteiger charge is -2.05. The van der Waals surface area contributed by atoms with Crippen molar-refractivity contribution in [1.82, 2.24) is 10.2 Å². The van der Waals surface area contributed by atoms with Crippen LogP contribution in [0.15, 0.2) is 23.7 Å². The second kappa shape index (κ2) is 4.15. The van der Waals surface area contributed by atoms with Gasteiger partial charge in [0.2, 0.25) is 5.13 Å². The van der Waals surface area contributed by atoms with Gasteiger partial charge in [0.1, 0.15) is 5.51 Å². The first-order valence-corrected chi connectivity index (χ1v) is 5.27. The van der Waals surface area contributed by atoms with Crippen molar-refractivity contribution in [1.29, 1.82) is 0 Å². The maximum absolute atomic E-state index is 11.8. The van der Waals surface area contributed by atoms with Crippen LogP contribution in [0.25, 0.3) is 0 Å². The molecule has 1 heterocycles. The molecule has 82 valence electrons. The molecule has 0 aliphatic rings. The van der Waals surface area contributed by atoms with Crippen LogP contribution in [0.1, 0.15) is 10.4 Å². The minimum atomic E-state index is -0.325. The number of benzene rings is 1. The summed E-state index contributed by atoms with van der Waals surface area (Å²) in [6.07, 6.45) is 0. The average Bonchev–Trinajstić information content (AvgIpc) is 2.70. The maximum atomic E-state index is 11.8. The van der Waals surface area contributed by atoms with Crippen LogP contribution < -0.4 is 16.8 Å². The van der Waals surface area contributed by atoms with Gasteiger partial charge >= 0.3 is 0 Å². The Kier molecular flexibility index (Phi) is 2.69. The van der Waals surface area contributed by atoms with Crippen LogP contribution in [-0.2, 0) is 0 Å². The van der Waals surface area contributed by atoms with Crippen molar-refractivity contribution >= 4 is 33.8 Å². The summed E-state index contributed by atoms with van der Waals surface area (Å²) in [6.45, 7) is 0. The van der Waals surface area contributed by atoms with Crippen LogP contribution in [0, 0.1) is 0 Å². The highest BCUT2D eigenvalue weighted by molar-refractivity contribution is 7.13. The summed E-state index contributed by atoms with van der Waals surface area (Å²) in [5.74, 6) is -0.325. The number of rotatable bonds is 2. The maximum Gasteiger partial charge on any atom is 0.259 e. The molecule has 2 rings (SSSR count). The number of nitrogens with one attached hydrogen (secondary N) is 1. The number of hydrogen-bond acceptors (Lipinski definition) is 6. The summed E-state index contributed by atoms with van der Waals surface area (Å²) in [7, 11) is 0. The van der Waals surface area contributed by atoms with Crippen molar-refractivity contribution in [2.24, 2.45) is 0 Å². The molecule has 0 unspecified atom stereocenters. The van der Waals surface area contributed by atoms with E-state index in [-0.39, 0.29) is 5.91 Å². The van der Waals surface area contributed by atoms with Crippen molar-refractivity contribution in [3.05, 3.63) is 29.3 Å². The molecule has 1 amide bonds. The van der Waals surface area contributed by atoms with E-state index in [1.807, 2.05) is 0 Å². The van der Waals surface area contributed by atoms with E-state index in [0.717, 1.165) is 0 Å². The Bertz CT molecular complexity index is 511. The number of nitrogens with two attached hydrogens (primary N) is 2. The fraction of sp³-hybridized carbons (Fsp3) is 0. The Labute approximate surface area is 95.3 Å². The third-order valence-electron chi connectivity index (χ3n) is 1.90. The highest BCUT2D eigenvalue weighted by Crippen LogP contribution is 2.17. The molecular formula is C9H9N5OS. The van der Waals surface area contributed by atoms with E-state index in [0.29, 0.717) is 22.1 Å². The number of aromatic nitrogens is 2. The number of nitrogen functional groups attached to an aromatic ring is 2. The number of carbonyl (C=O) groups excluding carboxylic acids is 1. The smallest absolute Gasteiger partial charge is 0.259 e. The standard InChI is InChI=1S/C9H9N5OS/c10-5-1-2-6(7(11)3-5)8(15)13-9-14-12-4-16-9/h1-4H,10-11H2,(H,13,14,15). The Morgan fingerprint density at radius 3 is 2.81 bits per heavy atom. The fourth-order valence-electron chi connectivity index (χ4n) is 1.18. The Morgan fingerprint density at radius 2 is 2.19 bits per heavy atom. The van der Waals surface area contributed by atoms with Gasteiger partial charge in [-0.1, -0.05) is 11.3 Å². The van der Waals surface area contributed by atoms with E-state index in [1.165, 1.54) is 22.9 Å². The van der Waals surface area contributed by atoms with Crippen LogP contribution in [0.4, 0.5) is 16.5 Å². The normalized spacial score (nSPS) is 10.0. The van der Waals surface area contributed by atoms with E-state index in [9.17, 15) is 4.79 Å². The molecule has 0 atom stereocenters. The zero-order chi connectivity index (χ0) is 11.5. The zero-order valence-electron chi connectivity index (χ0n) is 8.18. The van der Waals surface area contributed by atoms with Gasteiger partial charge in [-0.3, -0.25) is 10.1 Å². The monoisotopic (exact) mass is 235 g/mol. The van der Waals surface area contributed by atoms with Crippen LogP contribution in [0.5, 0.6) is 0 Å². The fourth-order valence-corrected chi connectivity index (χ4v) is 1.62. The molecule has 2 aromatic rings. The van der Waals surface area contributed by atoms with E-state index in [2.05, 4.69) is 15.5 Å². The SMILES string of the molecule is Nc1ccc(C(=O)Nc2nncs2)c(N)c1. The summed E-state index contributed by atoms with van der Waals surface area (Å²) in [5.41, 5.74) is 14.0. The zero-order valence-corrected chi connectivity index (χ0v) is 8.99. The molecule has 0 radical (unpaired) electrons. The molecule has 0 bridgehead atoms. The van der Waals surface area contributed by atoms with Crippen molar-refractivity contribution in [3.63, 3.8) is 0 Å². The number of nitrogens with zero attached hydrogens (tertiary/aromatic N) is 2. The van der Waals surface area contributed by atoms with Gasteiger partial charge in [0, 0.05) is 11.4 Å². The van der Waals surface area contributed by atoms with Gasteiger partial charge in [-0.25, -0.2) is 0 Å². The predicted molar refractivity (Wildman–Crippen MR) is 63.1 cm³/mol. The highest BCUT2D eigenvalue weighted by Gasteiger charge is 2.11. The van der Waals surface area contributed by atoms with Crippen LogP contribution in [-0.4, -0.2) is 16.1 Å². The number of anilines is 3. The minimum Gasteiger partial charge on any atom is -0.399 e. The molecule has 0 spiro atoms. The largest absolute Gasteiger partial charge is 0.399 e. The predicted octanol–water partition coefficient (Wildman–Crippen LogP) is 0.955. The lowest BCUT2D eigenvalue weighted by atomic mass is 10.1. The molecule has 1 aromatic carbocycles.